The van der Waals surface area contributed by atoms with E-state index in [0.29, 0.717) is 18.0 Å². The van der Waals surface area contributed by atoms with Crippen LogP contribution < -0.4 is 5.32 Å². The van der Waals surface area contributed by atoms with Gasteiger partial charge in [0.25, 0.3) is 0 Å². The van der Waals surface area contributed by atoms with Crippen molar-refractivity contribution in [3.05, 3.63) is 29.3 Å². The van der Waals surface area contributed by atoms with E-state index in [1.54, 1.807) is 6.92 Å². The zero-order chi connectivity index (χ0) is 12.3. The standard InChI is InChI=1S/C13H17F2NO/c1-9-6-12(15)13(7-11(9)14)16-8-10-2-4-17-5-3-10/h6-7,10,16H,2-5,8H2,1H3. The molecule has 1 aliphatic heterocycles. The van der Waals surface area contributed by atoms with E-state index in [1.165, 1.54) is 12.1 Å². The minimum Gasteiger partial charge on any atom is -0.382 e. The average molecular weight is 241 g/mol. The minimum absolute atomic E-state index is 0.250. The number of benzene rings is 1. The molecule has 2 rings (SSSR count). The van der Waals surface area contributed by atoms with Gasteiger partial charge >= 0.3 is 0 Å². The van der Waals surface area contributed by atoms with Crippen molar-refractivity contribution in [2.75, 3.05) is 25.1 Å². The highest BCUT2D eigenvalue weighted by molar-refractivity contribution is 5.46. The van der Waals surface area contributed by atoms with E-state index in [2.05, 4.69) is 5.32 Å². The van der Waals surface area contributed by atoms with Crippen LogP contribution >= 0.6 is 0 Å². The van der Waals surface area contributed by atoms with Crippen molar-refractivity contribution in [3.8, 4) is 0 Å². The summed E-state index contributed by atoms with van der Waals surface area (Å²) in [6.45, 7) is 3.75. The third-order valence-corrected chi connectivity index (χ3v) is 3.17. The maximum atomic E-state index is 13.5. The first-order valence-corrected chi connectivity index (χ1v) is 5.94. The lowest BCUT2D eigenvalue weighted by Crippen LogP contribution is -2.23. The summed E-state index contributed by atoms with van der Waals surface area (Å²) in [7, 11) is 0. The second kappa shape index (κ2) is 5.45. The molecule has 0 saturated carbocycles. The summed E-state index contributed by atoms with van der Waals surface area (Å²) in [6.07, 6.45) is 1.95. The molecule has 1 aromatic rings. The van der Waals surface area contributed by atoms with E-state index in [4.69, 9.17) is 4.74 Å². The Morgan fingerprint density at radius 3 is 2.65 bits per heavy atom. The van der Waals surface area contributed by atoms with Gasteiger partial charge in [-0.3, -0.25) is 0 Å². The van der Waals surface area contributed by atoms with E-state index in [9.17, 15) is 8.78 Å². The molecule has 1 saturated heterocycles. The normalized spacial score (nSPS) is 17.1. The fourth-order valence-corrected chi connectivity index (χ4v) is 1.99. The molecule has 1 fully saturated rings. The molecule has 1 heterocycles. The van der Waals surface area contributed by atoms with Crippen LogP contribution in [0.4, 0.5) is 14.5 Å². The Kier molecular flexibility index (Phi) is 3.94. The lowest BCUT2D eigenvalue weighted by atomic mass is 10.0. The predicted octanol–water partition coefficient (Wildman–Crippen LogP) is 3.11. The number of rotatable bonds is 3. The molecule has 1 aliphatic rings. The summed E-state index contributed by atoms with van der Waals surface area (Å²) in [5.74, 6) is -0.288. The lowest BCUT2D eigenvalue weighted by molar-refractivity contribution is 0.0699. The third-order valence-electron chi connectivity index (χ3n) is 3.17. The van der Waals surface area contributed by atoms with E-state index in [-0.39, 0.29) is 11.5 Å². The Balaban J connectivity index is 1.96. The quantitative estimate of drug-likeness (QED) is 0.878. The lowest BCUT2D eigenvalue weighted by Gasteiger charge is -2.22. The highest BCUT2D eigenvalue weighted by atomic mass is 19.1. The van der Waals surface area contributed by atoms with Gasteiger partial charge in [0.05, 0.1) is 5.69 Å². The smallest absolute Gasteiger partial charge is 0.146 e. The first-order valence-electron chi connectivity index (χ1n) is 5.94. The van der Waals surface area contributed by atoms with Crippen LogP contribution in [0.15, 0.2) is 12.1 Å². The van der Waals surface area contributed by atoms with Crippen molar-refractivity contribution in [3.63, 3.8) is 0 Å². The first-order chi connectivity index (χ1) is 8.16. The molecular formula is C13H17F2NO. The van der Waals surface area contributed by atoms with Crippen LogP contribution in [0.2, 0.25) is 0 Å². The van der Waals surface area contributed by atoms with Gasteiger partial charge in [-0.1, -0.05) is 0 Å². The summed E-state index contributed by atoms with van der Waals surface area (Å²) in [5.41, 5.74) is 0.582. The van der Waals surface area contributed by atoms with Crippen LogP contribution in [-0.2, 0) is 4.74 Å². The minimum atomic E-state index is -0.393. The Labute approximate surface area is 100.0 Å². The maximum Gasteiger partial charge on any atom is 0.146 e. The predicted molar refractivity (Wildman–Crippen MR) is 63.1 cm³/mol. The number of halogens is 2. The topological polar surface area (TPSA) is 21.3 Å². The van der Waals surface area contributed by atoms with Crippen molar-refractivity contribution < 1.29 is 13.5 Å². The Morgan fingerprint density at radius 1 is 1.24 bits per heavy atom. The molecule has 2 nitrogen and oxygen atoms in total. The summed E-state index contributed by atoms with van der Waals surface area (Å²) in [4.78, 5) is 0. The summed E-state index contributed by atoms with van der Waals surface area (Å²) in [5, 5.41) is 2.98. The van der Waals surface area contributed by atoms with E-state index >= 15 is 0 Å². The molecule has 0 amide bonds. The molecule has 0 bridgehead atoms. The Morgan fingerprint density at radius 2 is 1.94 bits per heavy atom. The Hall–Kier alpha value is -1.16. The van der Waals surface area contributed by atoms with E-state index < -0.39 is 5.82 Å². The van der Waals surface area contributed by atoms with Crippen LogP contribution in [0.5, 0.6) is 0 Å². The maximum absolute atomic E-state index is 13.5. The van der Waals surface area contributed by atoms with Crippen molar-refractivity contribution >= 4 is 5.69 Å². The molecule has 0 aliphatic carbocycles. The van der Waals surface area contributed by atoms with Gasteiger partial charge in [0.15, 0.2) is 0 Å². The fraction of sp³-hybridized carbons (Fsp3) is 0.538. The van der Waals surface area contributed by atoms with Gasteiger partial charge in [0, 0.05) is 25.8 Å². The van der Waals surface area contributed by atoms with Gasteiger partial charge in [0.1, 0.15) is 11.6 Å². The van der Waals surface area contributed by atoms with Crippen molar-refractivity contribution in [2.24, 2.45) is 5.92 Å². The van der Waals surface area contributed by atoms with Gasteiger partial charge in [-0.05, 0) is 37.3 Å². The van der Waals surface area contributed by atoms with Gasteiger partial charge < -0.3 is 10.1 Å². The number of nitrogens with one attached hydrogen (secondary N) is 1. The molecule has 1 N–H and O–H groups in total. The molecule has 17 heavy (non-hydrogen) atoms. The van der Waals surface area contributed by atoms with Crippen LogP contribution in [0, 0.1) is 24.5 Å². The van der Waals surface area contributed by atoms with Gasteiger partial charge in [-0.2, -0.15) is 0 Å². The zero-order valence-electron chi connectivity index (χ0n) is 9.93. The van der Waals surface area contributed by atoms with Crippen LogP contribution in [0.25, 0.3) is 0 Å². The number of hydrogen-bond donors (Lipinski definition) is 1. The monoisotopic (exact) mass is 241 g/mol. The van der Waals surface area contributed by atoms with Crippen LogP contribution in [-0.4, -0.2) is 19.8 Å². The molecule has 0 spiro atoms. The molecule has 94 valence electrons. The van der Waals surface area contributed by atoms with E-state index in [1.807, 2.05) is 0 Å². The Bertz CT molecular complexity index is 389. The van der Waals surface area contributed by atoms with Crippen molar-refractivity contribution in [1.29, 1.82) is 0 Å². The summed E-state index contributed by atoms with van der Waals surface area (Å²) in [6, 6.07) is 2.45. The highest BCUT2D eigenvalue weighted by Crippen LogP contribution is 2.21. The summed E-state index contributed by atoms with van der Waals surface area (Å²) < 4.78 is 32.1. The first kappa shape index (κ1) is 12.3. The molecule has 4 heteroatoms. The molecular weight excluding hydrogens is 224 g/mol. The second-order valence-electron chi connectivity index (χ2n) is 4.52. The molecule has 0 atom stereocenters. The molecule has 1 aromatic carbocycles. The van der Waals surface area contributed by atoms with Crippen molar-refractivity contribution in [1.82, 2.24) is 0 Å². The molecule has 0 aromatic heterocycles. The molecule has 0 radical (unpaired) electrons. The largest absolute Gasteiger partial charge is 0.382 e. The number of hydrogen-bond acceptors (Lipinski definition) is 2. The fourth-order valence-electron chi connectivity index (χ4n) is 1.99. The van der Waals surface area contributed by atoms with Crippen molar-refractivity contribution in [2.45, 2.75) is 19.8 Å². The highest BCUT2D eigenvalue weighted by Gasteiger charge is 2.14. The third kappa shape index (κ3) is 3.16. The average Bonchev–Trinajstić information content (AvgIpc) is 2.33. The number of aryl methyl sites for hydroxylation is 1. The van der Waals surface area contributed by atoms with E-state index in [0.717, 1.165) is 26.1 Å². The van der Waals surface area contributed by atoms with Gasteiger partial charge in [-0.25, -0.2) is 8.78 Å². The number of anilines is 1. The molecule has 0 unspecified atom stereocenters. The van der Waals surface area contributed by atoms with Crippen LogP contribution in [0.3, 0.4) is 0 Å². The zero-order valence-corrected chi connectivity index (χ0v) is 9.93. The van der Waals surface area contributed by atoms with Gasteiger partial charge in [-0.15, -0.1) is 0 Å². The SMILES string of the molecule is Cc1cc(F)c(NCC2CCOCC2)cc1F. The number of ether oxygens (including phenoxy) is 1. The summed E-state index contributed by atoms with van der Waals surface area (Å²) >= 11 is 0. The van der Waals surface area contributed by atoms with Gasteiger partial charge in [0.2, 0.25) is 0 Å². The van der Waals surface area contributed by atoms with Crippen LogP contribution in [0.1, 0.15) is 18.4 Å². The second-order valence-corrected chi connectivity index (χ2v) is 4.52.